The molecule has 1 aliphatic heterocycles. The molecule has 1 aliphatic rings. The van der Waals surface area contributed by atoms with Crippen LogP contribution in [-0.2, 0) is 7.05 Å². The van der Waals surface area contributed by atoms with Gasteiger partial charge in [0.2, 0.25) is 0 Å². The van der Waals surface area contributed by atoms with Crippen LogP contribution in [0.3, 0.4) is 0 Å². The van der Waals surface area contributed by atoms with Crippen molar-refractivity contribution < 1.29 is 9.53 Å². The molecule has 5 nitrogen and oxygen atoms in total. The number of methoxy groups -OCH3 is 1. The first-order valence-corrected chi connectivity index (χ1v) is 7.62. The molecule has 0 spiro atoms. The maximum Gasteiger partial charge on any atom is 0.274 e. The number of aromatic nitrogens is 2. The van der Waals surface area contributed by atoms with Crippen molar-refractivity contribution in [2.45, 2.75) is 18.9 Å². The van der Waals surface area contributed by atoms with E-state index in [1.165, 1.54) is 10.9 Å². The van der Waals surface area contributed by atoms with Crippen molar-refractivity contribution in [2.75, 3.05) is 13.7 Å². The summed E-state index contributed by atoms with van der Waals surface area (Å²) in [5.41, 5.74) is 1.56. The van der Waals surface area contributed by atoms with Crippen LogP contribution in [0.25, 0.3) is 0 Å². The summed E-state index contributed by atoms with van der Waals surface area (Å²) in [6.07, 6.45) is 3.44. The molecule has 0 bridgehead atoms. The van der Waals surface area contributed by atoms with E-state index in [9.17, 15) is 4.79 Å². The number of carbonyl (C=O) groups is 1. The number of nitrogens with zero attached hydrogens (tertiary/aromatic N) is 3. The number of hydrogen-bond donors (Lipinski definition) is 0. The molecule has 1 aromatic heterocycles. The van der Waals surface area contributed by atoms with Gasteiger partial charge in [-0.05, 0) is 30.5 Å². The Labute approximate surface area is 134 Å². The zero-order valence-electron chi connectivity index (χ0n) is 12.6. The molecular weight excluding hydrogens is 302 g/mol. The topological polar surface area (TPSA) is 47.4 Å². The molecule has 22 heavy (non-hydrogen) atoms. The van der Waals surface area contributed by atoms with Gasteiger partial charge in [-0.15, -0.1) is 0 Å². The smallest absolute Gasteiger partial charge is 0.274 e. The fraction of sp³-hybridized carbons (Fsp3) is 0.375. The maximum absolute atomic E-state index is 12.8. The first-order valence-electron chi connectivity index (χ1n) is 7.24. The number of benzene rings is 1. The van der Waals surface area contributed by atoms with Gasteiger partial charge in [0.05, 0.1) is 24.4 Å². The lowest BCUT2D eigenvalue weighted by Gasteiger charge is -2.25. The number of rotatable bonds is 3. The summed E-state index contributed by atoms with van der Waals surface area (Å²) in [6.45, 7) is 0.733. The molecular formula is C16H18ClN3O2. The van der Waals surface area contributed by atoms with E-state index in [1.807, 2.05) is 29.2 Å². The van der Waals surface area contributed by atoms with Crippen LogP contribution in [0.5, 0.6) is 5.75 Å². The van der Waals surface area contributed by atoms with Crippen molar-refractivity contribution >= 4 is 17.5 Å². The SMILES string of the molecule is COc1ccc(C2CCCN2C(=O)c2c(Cl)cnn2C)cc1. The van der Waals surface area contributed by atoms with Crippen LogP contribution in [0, 0.1) is 0 Å². The Balaban J connectivity index is 1.88. The van der Waals surface area contributed by atoms with Crippen molar-refractivity contribution in [3.8, 4) is 5.75 Å². The van der Waals surface area contributed by atoms with Crippen LogP contribution in [0.15, 0.2) is 30.5 Å². The molecule has 1 unspecified atom stereocenters. The third kappa shape index (κ3) is 2.57. The first-order chi connectivity index (χ1) is 10.6. The number of aryl methyl sites for hydroxylation is 1. The van der Waals surface area contributed by atoms with Crippen molar-refractivity contribution in [2.24, 2.45) is 7.05 Å². The summed E-state index contributed by atoms with van der Waals surface area (Å²) in [5.74, 6) is 0.748. The second-order valence-corrected chi connectivity index (χ2v) is 5.80. The van der Waals surface area contributed by atoms with E-state index in [0.717, 1.165) is 30.7 Å². The molecule has 116 valence electrons. The van der Waals surface area contributed by atoms with E-state index in [0.29, 0.717) is 10.7 Å². The summed E-state index contributed by atoms with van der Waals surface area (Å²) in [7, 11) is 3.38. The van der Waals surface area contributed by atoms with Gasteiger partial charge in [0.25, 0.3) is 5.91 Å². The van der Waals surface area contributed by atoms with Gasteiger partial charge in [0.15, 0.2) is 0 Å². The summed E-state index contributed by atoms with van der Waals surface area (Å²) in [5, 5.41) is 4.45. The van der Waals surface area contributed by atoms with E-state index < -0.39 is 0 Å². The average molecular weight is 320 g/mol. The fourth-order valence-corrected chi connectivity index (χ4v) is 3.22. The van der Waals surface area contributed by atoms with Crippen LogP contribution in [0.1, 0.15) is 34.9 Å². The van der Waals surface area contributed by atoms with Crippen LogP contribution < -0.4 is 4.74 Å². The van der Waals surface area contributed by atoms with E-state index in [1.54, 1.807) is 14.2 Å². The first kappa shape index (κ1) is 14.9. The molecule has 1 fully saturated rings. The lowest BCUT2D eigenvalue weighted by molar-refractivity contribution is 0.0724. The number of carbonyl (C=O) groups excluding carboxylic acids is 1. The molecule has 1 amide bonds. The van der Waals surface area contributed by atoms with E-state index in [2.05, 4.69) is 5.10 Å². The third-order valence-corrected chi connectivity index (χ3v) is 4.39. The highest BCUT2D eigenvalue weighted by Gasteiger charge is 2.33. The molecule has 3 rings (SSSR count). The second kappa shape index (κ2) is 6.01. The van der Waals surface area contributed by atoms with Gasteiger partial charge in [0.1, 0.15) is 11.4 Å². The number of halogens is 1. The normalized spacial score (nSPS) is 17.8. The monoisotopic (exact) mass is 319 g/mol. The number of hydrogen-bond acceptors (Lipinski definition) is 3. The Bertz CT molecular complexity index is 662. The second-order valence-electron chi connectivity index (χ2n) is 5.39. The zero-order chi connectivity index (χ0) is 15.7. The van der Waals surface area contributed by atoms with Gasteiger partial charge in [0, 0.05) is 13.6 Å². The minimum atomic E-state index is -0.0664. The summed E-state index contributed by atoms with van der Waals surface area (Å²) in [4.78, 5) is 14.7. The summed E-state index contributed by atoms with van der Waals surface area (Å²) < 4.78 is 6.72. The quantitative estimate of drug-likeness (QED) is 0.873. The predicted octanol–water partition coefficient (Wildman–Crippen LogP) is 3.06. The van der Waals surface area contributed by atoms with Crippen LogP contribution >= 0.6 is 11.6 Å². The average Bonchev–Trinajstić information content (AvgIpc) is 3.14. The molecule has 2 heterocycles. The molecule has 1 saturated heterocycles. The Kier molecular flexibility index (Phi) is 4.07. The zero-order valence-corrected chi connectivity index (χ0v) is 13.4. The van der Waals surface area contributed by atoms with Crippen molar-refractivity contribution in [3.63, 3.8) is 0 Å². The van der Waals surface area contributed by atoms with Gasteiger partial charge >= 0.3 is 0 Å². The molecule has 1 aromatic carbocycles. The van der Waals surface area contributed by atoms with Crippen LogP contribution in [0.2, 0.25) is 5.02 Å². The molecule has 0 saturated carbocycles. The number of likely N-dealkylation sites (tertiary alicyclic amines) is 1. The number of ether oxygens (including phenoxy) is 1. The minimum absolute atomic E-state index is 0.0664. The van der Waals surface area contributed by atoms with E-state index >= 15 is 0 Å². The molecule has 0 radical (unpaired) electrons. The maximum atomic E-state index is 12.8. The Morgan fingerprint density at radius 3 is 2.68 bits per heavy atom. The van der Waals surface area contributed by atoms with Gasteiger partial charge in [-0.2, -0.15) is 5.10 Å². The Hall–Kier alpha value is -2.01. The highest BCUT2D eigenvalue weighted by molar-refractivity contribution is 6.33. The molecule has 0 aliphatic carbocycles. The summed E-state index contributed by atoms with van der Waals surface area (Å²) in [6, 6.07) is 7.95. The van der Waals surface area contributed by atoms with E-state index in [4.69, 9.17) is 16.3 Å². The molecule has 6 heteroatoms. The van der Waals surface area contributed by atoms with Crippen molar-refractivity contribution in [1.82, 2.24) is 14.7 Å². The van der Waals surface area contributed by atoms with Gasteiger partial charge in [-0.25, -0.2) is 0 Å². The van der Waals surface area contributed by atoms with Gasteiger partial charge in [-0.3, -0.25) is 9.48 Å². The van der Waals surface area contributed by atoms with Gasteiger partial charge < -0.3 is 9.64 Å². The standard InChI is InChI=1S/C16H18ClN3O2/c1-19-15(13(17)10-18-19)16(21)20-9-3-4-14(20)11-5-7-12(22-2)8-6-11/h5-8,10,14H,3-4,9H2,1-2H3. The summed E-state index contributed by atoms with van der Waals surface area (Å²) >= 11 is 6.10. The largest absolute Gasteiger partial charge is 0.497 e. The molecule has 1 atom stereocenters. The molecule has 0 N–H and O–H groups in total. The van der Waals surface area contributed by atoms with Crippen LogP contribution in [-0.4, -0.2) is 34.2 Å². The van der Waals surface area contributed by atoms with E-state index in [-0.39, 0.29) is 11.9 Å². The van der Waals surface area contributed by atoms with Crippen molar-refractivity contribution in [3.05, 3.63) is 46.7 Å². The Morgan fingerprint density at radius 2 is 2.09 bits per heavy atom. The highest BCUT2D eigenvalue weighted by Crippen LogP contribution is 2.34. The number of amides is 1. The van der Waals surface area contributed by atoms with Gasteiger partial charge in [-0.1, -0.05) is 23.7 Å². The third-order valence-electron chi connectivity index (χ3n) is 4.11. The Morgan fingerprint density at radius 1 is 1.36 bits per heavy atom. The van der Waals surface area contributed by atoms with Crippen LogP contribution in [0.4, 0.5) is 0 Å². The highest BCUT2D eigenvalue weighted by atomic mass is 35.5. The lowest BCUT2D eigenvalue weighted by Crippen LogP contribution is -2.32. The molecule has 2 aromatic rings. The predicted molar refractivity (Wildman–Crippen MR) is 84.2 cm³/mol. The van der Waals surface area contributed by atoms with Crippen molar-refractivity contribution in [1.29, 1.82) is 0 Å². The fourth-order valence-electron chi connectivity index (χ4n) is 2.97. The minimum Gasteiger partial charge on any atom is -0.497 e. The lowest BCUT2D eigenvalue weighted by atomic mass is 10.0.